The Kier molecular flexibility index (Phi) is 14.4. The molecule has 0 aliphatic heterocycles. The van der Waals surface area contributed by atoms with Crippen LogP contribution in [0, 0.1) is 11.8 Å². The molecule has 0 radical (unpaired) electrons. The Bertz CT molecular complexity index is 925. The average Bonchev–Trinajstić information content (AvgIpc) is 3.36. The van der Waals surface area contributed by atoms with Crippen molar-refractivity contribution in [1.82, 2.24) is 31.2 Å². The van der Waals surface area contributed by atoms with Crippen LogP contribution in [-0.4, -0.2) is 82.2 Å². The van der Waals surface area contributed by atoms with Crippen LogP contribution < -0.4 is 32.7 Å². The van der Waals surface area contributed by atoms with E-state index in [1.54, 1.807) is 13.8 Å². The first-order valence-electron chi connectivity index (χ1n) is 12.5. The van der Waals surface area contributed by atoms with Crippen molar-refractivity contribution in [2.75, 3.05) is 18.6 Å². The molecule has 0 saturated heterocycles. The van der Waals surface area contributed by atoms with E-state index in [4.69, 9.17) is 11.5 Å². The molecule has 0 aliphatic carbocycles. The molecule has 0 spiro atoms. The van der Waals surface area contributed by atoms with Crippen LogP contribution in [0.2, 0.25) is 0 Å². The molecule has 38 heavy (non-hydrogen) atoms. The summed E-state index contributed by atoms with van der Waals surface area (Å²) in [5, 5.41) is 10.4. The summed E-state index contributed by atoms with van der Waals surface area (Å²) in [6.07, 6.45) is 5.53. The van der Waals surface area contributed by atoms with E-state index in [-0.39, 0.29) is 24.8 Å². The normalized spacial score (nSPS) is 14.3. The van der Waals surface area contributed by atoms with Crippen molar-refractivity contribution in [2.24, 2.45) is 23.3 Å². The summed E-state index contributed by atoms with van der Waals surface area (Å²) in [7, 11) is 0. The number of amides is 5. The van der Waals surface area contributed by atoms with Gasteiger partial charge < -0.3 is 37.7 Å². The summed E-state index contributed by atoms with van der Waals surface area (Å²) >= 11 is 1.51. The number of hydrogen-bond donors (Lipinski definition) is 7. The average molecular weight is 555 g/mol. The van der Waals surface area contributed by atoms with Gasteiger partial charge in [-0.3, -0.25) is 24.0 Å². The number of nitrogens with zero attached hydrogens (tertiary/aromatic N) is 1. The molecule has 4 atom stereocenters. The van der Waals surface area contributed by atoms with E-state index in [0.29, 0.717) is 24.3 Å². The van der Waals surface area contributed by atoms with E-state index in [0.717, 1.165) is 0 Å². The van der Waals surface area contributed by atoms with E-state index >= 15 is 0 Å². The maximum absolute atomic E-state index is 13.3. The van der Waals surface area contributed by atoms with Gasteiger partial charge >= 0.3 is 0 Å². The van der Waals surface area contributed by atoms with Gasteiger partial charge in [-0.15, -0.1) is 0 Å². The molecular weight excluding hydrogens is 512 g/mol. The molecule has 0 aliphatic rings. The highest BCUT2D eigenvalue weighted by Crippen LogP contribution is 2.09. The van der Waals surface area contributed by atoms with Gasteiger partial charge in [0.1, 0.15) is 18.1 Å². The van der Waals surface area contributed by atoms with Crippen molar-refractivity contribution in [1.29, 1.82) is 0 Å². The quantitative estimate of drug-likeness (QED) is 0.124. The van der Waals surface area contributed by atoms with Crippen molar-refractivity contribution >= 4 is 41.3 Å². The number of thioether (sulfide) groups is 1. The molecule has 0 bridgehead atoms. The molecule has 1 rings (SSSR count). The van der Waals surface area contributed by atoms with Crippen LogP contribution >= 0.6 is 11.8 Å². The van der Waals surface area contributed by atoms with E-state index in [1.165, 1.54) is 24.3 Å². The standard InChI is InChI=1S/C24H42N8O5S/c1-13(2)8-17(22(35)31-16(21(26)34)6-7-38-5)32-23(36)18(9-15-10-27-12-29-15)30-19(33)11-28-24(37)20(25)14(3)4/h10,12-14,16-18,20H,6-9,11,25H2,1-5H3,(H2,26,34)(H,27,29)(H,28,37)(H,30,33)(H,31,35)(H,32,36). The molecule has 9 N–H and O–H groups in total. The zero-order chi connectivity index (χ0) is 28.8. The summed E-state index contributed by atoms with van der Waals surface area (Å²) in [5.41, 5.74) is 11.8. The number of nitrogens with one attached hydrogen (secondary N) is 5. The van der Waals surface area contributed by atoms with Crippen LogP contribution in [0.4, 0.5) is 0 Å². The summed E-state index contributed by atoms with van der Waals surface area (Å²) in [6.45, 7) is 6.97. The molecule has 14 heteroatoms. The Morgan fingerprint density at radius 3 is 2.13 bits per heavy atom. The maximum Gasteiger partial charge on any atom is 0.243 e. The van der Waals surface area contributed by atoms with Gasteiger partial charge in [-0.2, -0.15) is 11.8 Å². The molecule has 1 heterocycles. The number of aromatic amines is 1. The van der Waals surface area contributed by atoms with Crippen molar-refractivity contribution in [2.45, 2.75) is 71.1 Å². The lowest BCUT2D eigenvalue weighted by Crippen LogP contribution is -2.58. The predicted molar refractivity (Wildman–Crippen MR) is 146 cm³/mol. The van der Waals surface area contributed by atoms with Gasteiger partial charge in [-0.25, -0.2) is 4.98 Å². The molecule has 0 fully saturated rings. The molecular formula is C24H42N8O5S. The second-order valence-corrected chi connectivity index (χ2v) is 10.8. The second-order valence-electron chi connectivity index (χ2n) is 9.82. The number of carbonyl (C=O) groups is 5. The first-order chi connectivity index (χ1) is 17.8. The van der Waals surface area contributed by atoms with Crippen molar-refractivity contribution in [3.05, 3.63) is 18.2 Å². The van der Waals surface area contributed by atoms with Gasteiger partial charge in [-0.1, -0.05) is 27.7 Å². The Morgan fingerprint density at radius 2 is 1.61 bits per heavy atom. The van der Waals surface area contributed by atoms with Gasteiger partial charge in [0.25, 0.3) is 0 Å². The van der Waals surface area contributed by atoms with Crippen LogP contribution in [0.1, 0.15) is 46.2 Å². The Hall–Kier alpha value is -3.13. The number of imidazole rings is 1. The lowest BCUT2D eigenvalue weighted by Gasteiger charge is -2.25. The summed E-state index contributed by atoms with van der Waals surface area (Å²) in [6, 6.07) is -3.70. The number of carbonyl (C=O) groups excluding carboxylic acids is 5. The van der Waals surface area contributed by atoms with Crippen LogP contribution in [-0.2, 0) is 30.4 Å². The number of H-pyrrole nitrogens is 1. The fourth-order valence-corrected chi connectivity index (χ4v) is 3.90. The highest BCUT2D eigenvalue weighted by atomic mass is 32.2. The van der Waals surface area contributed by atoms with Gasteiger partial charge in [0.2, 0.25) is 29.5 Å². The Morgan fingerprint density at radius 1 is 0.974 bits per heavy atom. The van der Waals surface area contributed by atoms with Gasteiger partial charge in [0, 0.05) is 18.3 Å². The topological polar surface area (TPSA) is 214 Å². The smallest absolute Gasteiger partial charge is 0.243 e. The molecule has 5 amide bonds. The first kappa shape index (κ1) is 32.9. The van der Waals surface area contributed by atoms with Crippen molar-refractivity contribution in [3.63, 3.8) is 0 Å². The molecule has 4 unspecified atom stereocenters. The highest BCUT2D eigenvalue weighted by Gasteiger charge is 2.30. The molecule has 1 aromatic heterocycles. The van der Waals surface area contributed by atoms with Crippen LogP contribution in [0.5, 0.6) is 0 Å². The van der Waals surface area contributed by atoms with Crippen LogP contribution in [0.3, 0.4) is 0 Å². The molecule has 0 aromatic carbocycles. The lowest BCUT2D eigenvalue weighted by molar-refractivity contribution is -0.133. The van der Waals surface area contributed by atoms with E-state index in [2.05, 4.69) is 31.2 Å². The Labute approximate surface area is 227 Å². The third-order valence-electron chi connectivity index (χ3n) is 5.69. The lowest BCUT2D eigenvalue weighted by atomic mass is 10.0. The highest BCUT2D eigenvalue weighted by molar-refractivity contribution is 7.98. The maximum atomic E-state index is 13.3. The second kappa shape index (κ2) is 16.7. The number of nitrogens with two attached hydrogens (primary N) is 2. The number of rotatable bonds is 17. The largest absolute Gasteiger partial charge is 0.368 e. The minimum absolute atomic E-state index is 0.0327. The zero-order valence-electron chi connectivity index (χ0n) is 22.7. The first-order valence-corrected chi connectivity index (χ1v) is 13.9. The van der Waals surface area contributed by atoms with Gasteiger partial charge in [0.15, 0.2) is 0 Å². The summed E-state index contributed by atoms with van der Waals surface area (Å²) < 4.78 is 0. The fourth-order valence-electron chi connectivity index (χ4n) is 3.43. The van der Waals surface area contributed by atoms with E-state index in [1.807, 2.05) is 20.1 Å². The number of hydrogen-bond acceptors (Lipinski definition) is 8. The zero-order valence-corrected chi connectivity index (χ0v) is 23.5. The van der Waals surface area contributed by atoms with Crippen molar-refractivity contribution < 1.29 is 24.0 Å². The third-order valence-corrected chi connectivity index (χ3v) is 6.33. The van der Waals surface area contributed by atoms with E-state index < -0.39 is 53.7 Å². The fraction of sp³-hybridized carbons (Fsp3) is 0.667. The van der Waals surface area contributed by atoms with Crippen molar-refractivity contribution in [3.8, 4) is 0 Å². The molecule has 0 saturated carbocycles. The molecule has 214 valence electrons. The number of aromatic nitrogens is 2. The van der Waals surface area contributed by atoms with Gasteiger partial charge in [0.05, 0.1) is 18.9 Å². The Balaban J connectivity index is 2.98. The summed E-state index contributed by atoms with van der Waals surface area (Å²) in [4.78, 5) is 69.7. The summed E-state index contributed by atoms with van der Waals surface area (Å²) in [5.74, 6) is -2.37. The van der Waals surface area contributed by atoms with Crippen LogP contribution in [0.15, 0.2) is 12.5 Å². The predicted octanol–water partition coefficient (Wildman–Crippen LogP) is -1.21. The minimum atomic E-state index is -1.08. The molecule has 1 aromatic rings. The van der Waals surface area contributed by atoms with Gasteiger partial charge in [-0.05, 0) is 36.7 Å². The minimum Gasteiger partial charge on any atom is -0.368 e. The van der Waals surface area contributed by atoms with E-state index in [9.17, 15) is 24.0 Å². The molecule has 13 nitrogen and oxygen atoms in total. The van der Waals surface area contributed by atoms with Crippen LogP contribution in [0.25, 0.3) is 0 Å². The SMILES string of the molecule is CSCCC(NC(=O)C(CC(C)C)NC(=O)C(Cc1cnc[nH]1)NC(=O)CNC(=O)C(N)C(C)C)C(N)=O. The third kappa shape index (κ3) is 11.9. The number of primary amides is 1. The monoisotopic (exact) mass is 554 g/mol.